The second-order valence-electron chi connectivity index (χ2n) is 3.92. The third-order valence-corrected chi connectivity index (χ3v) is 4.35. The van der Waals surface area contributed by atoms with Gasteiger partial charge in [0, 0.05) is 20.4 Å². The van der Waals surface area contributed by atoms with Crippen molar-refractivity contribution in [1.29, 1.82) is 0 Å². The molecule has 0 aliphatic rings. The highest BCUT2D eigenvalue weighted by molar-refractivity contribution is 9.11. The summed E-state index contributed by atoms with van der Waals surface area (Å²) in [6, 6.07) is 9.59. The highest BCUT2D eigenvalue weighted by Gasteiger charge is 2.15. The molecule has 5 heteroatoms. The first-order valence-electron chi connectivity index (χ1n) is 5.40. The lowest BCUT2D eigenvalue weighted by atomic mass is 10.0. The van der Waals surface area contributed by atoms with E-state index < -0.39 is 5.82 Å². The minimum Gasteiger partial charge on any atom is -0.294 e. The Balaban J connectivity index is 2.31. The SMILES string of the molecule is O=C(Cc1c(Br)cccc1Br)c1ccc(Cl)cc1F. The van der Waals surface area contributed by atoms with E-state index in [1.165, 1.54) is 12.1 Å². The molecule has 19 heavy (non-hydrogen) atoms. The number of hydrogen-bond acceptors (Lipinski definition) is 1. The number of rotatable bonds is 3. The van der Waals surface area contributed by atoms with Crippen molar-refractivity contribution in [2.75, 3.05) is 0 Å². The van der Waals surface area contributed by atoms with Crippen LogP contribution in [0.5, 0.6) is 0 Å². The molecule has 0 unspecified atom stereocenters. The molecule has 0 aromatic heterocycles. The Morgan fingerprint density at radius 1 is 1.16 bits per heavy atom. The van der Waals surface area contributed by atoms with Gasteiger partial charge < -0.3 is 0 Å². The second-order valence-corrected chi connectivity index (χ2v) is 6.07. The average Bonchev–Trinajstić information content (AvgIpc) is 2.33. The lowest BCUT2D eigenvalue weighted by Crippen LogP contribution is -2.07. The van der Waals surface area contributed by atoms with E-state index >= 15 is 0 Å². The number of carbonyl (C=O) groups is 1. The normalized spacial score (nSPS) is 10.5. The van der Waals surface area contributed by atoms with Crippen molar-refractivity contribution in [3.63, 3.8) is 0 Å². The van der Waals surface area contributed by atoms with Gasteiger partial charge in [-0.2, -0.15) is 0 Å². The van der Waals surface area contributed by atoms with Crippen LogP contribution in [0.4, 0.5) is 4.39 Å². The lowest BCUT2D eigenvalue weighted by molar-refractivity contribution is 0.0989. The van der Waals surface area contributed by atoms with Gasteiger partial charge in [-0.3, -0.25) is 4.79 Å². The molecule has 0 saturated heterocycles. The predicted molar refractivity (Wildman–Crippen MR) is 81.3 cm³/mol. The molecule has 0 N–H and O–H groups in total. The fourth-order valence-corrected chi connectivity index (χ4v) is 3.11. The van der Waals surface area contributed by atoms with E-state index in [0.717, 1.165) is 20.6 Å². The maximum atomic E-state index is 13.7. The van der Waals surface area contributed by atoms with Gasteiger partial charge in [-0.05, 0) is 35.9 Å². The highest BCUT2D eigenvalue weighted by atomic mass is 79.9. The topological polar surface area (TPSA) is 17.1 Å². The van der Waals surface area contributed by atoms with E-state index in [4.69, 9.17) is 11.6 Å². The average molecular weight is 406 g/mol. The van der Waals surface area contributed by atoms with Gasteiger partial charge >= 0.3 is 0 Å². The molecule has 0 aliphatic carbocycles. The number of benzene rings is 2. The Morgan fingerprint density at radius 3 is 2.37 bits per heavy atom. The fourth-order valence-electron chi connectivity index (χ4n) is 1.67. The van der Waals surface area contributed by atoms with Crippen molar-refractivity contribution >= 4 is 49.2 Å². The van der Waals surface area contributed by atoms with Crippen molar-refractivity contribution in [2.24, 2.45) is 0 Å². The van der Waals surface area contributed by atoms with Crippen LogP contribution < -0.4 is 0 Å². The first kappa shape index (κ1) is 14.7. The van der Waals surface area contributed by atoms with Gasteiger partial charge in [0.1, 0.15) is 5.82 Å². The number of ketones is 1. The van der Waals surface area contributed by atoms with Crippen molar-refractivity contribution < 1.29 is 9.18 Å². The maximum Gasteiger partial charge on any atom is 0.170 e. The zero-order valence-corrected chi connectivity index (χ0v) is 13.5. The zero-order chi connectivity index (χ0) is 14.0. The summed E-state index contributed by atoms with van der Waals surface area (Å²) >= 11 is 12.4. The Labute approximate surface area is 132 Å². The summed E-state index contributed by atoms with van der Waals surface area (Å²) in [5.74, 6) is -0.887. The third kappa shape index (κ3) is 3.44. The summed E-state index contributed by atoms with van der Waals surface area (Å²) in [6.45, 7) is 0. The summed E-state index contributed by atoms with van der Waals surface area (Å²) < 4.78 is 15.3. The standard InChI is InChI=1S/C14H8Br2ClFO/c15-11-2-1-3-12(16)10(11)7-14(19)9-5-4-8(17)6-13(9)18/h1-6H,7H2. The van der Waals surface area contributed by atoms with Crippen LogP contribution >= 0.6 is 43.5 Å². The first-order valence-corrected chi connectivity index (χ1v) is 7.36. The number of hydrogen-bond donors (Lipinski definition) is 0. The Bertz CT molecular complexity index is 623. The molecule has 0 fully saturated rings. The summed E-state index contributed by atoms with van der Waals surface area (Å²) in [5, 5.41) is 0.274. The van der Waals surface area contributed by atoms with Crippen LogP contribution in [0.2, 0.25) is 5.02 Å². The molecule has 0 amide bonds. The third-order valence-electron chi connectivity index (χ3n) is 2.63. The van der Waals surface area contributed by atoms with Crippen molar-refractivity contribution in [3.8, 4) is 0 Å². The number of Topliss-reactive ketones (excluding diaryl/α,β-unsaturated/α-hetero) is 1. The summed E-state index contributed by atoms with van der Waals surface area (Å²) in [7, 11) is 0. The Hall–Kier alpha value is -0.710. The van der Waals surface area contributed by atoms with E-state index in [2.05, 4.69) is 31.9 Å². The van der Waals surface area contributed by atoms with Gasteiger partial charge in [0.15, 0.2) is 5.78 Å². The van der Waals surface area contributed by atoms with E-state index in [0.29, 0.717) is 0 Å². The highest BCUT2D eigenvalue weighted by Crippen LogP contribution is 2.27. The summed E-state index contributed by atoms with van der Waals surface area (Å²) in [5.41, 5.74) is 0.842. The molecule has 0 spiro atoms. The number of carbonyl (C=O) groups excluding carboxylic acids is 1. The molecule has 0 bridgehead atoms. The van der Waals surface area contributed by atoms with Gasteiger partial charge in [0.25, 0.3) is 0 Å². The largest absolute Gasteiger partial charge is 0.294 e. The van der Waals surface area contributed by atoms with Crippen LogP contribution in [0.3, 0.4) is 0 Å². The van der Waals surface area contributed by atoms with Crippen LogP contribution in [0.1, 0.15) is 15.9 Å². The van der Waals surface area contributed by atoms with E-state index in [9.17, 15) is 9.18 Å². The van der Waals surface area contributed by atoms with Crippen molar-refractivity contribution in [1.82, 2.24) is 0 Å². The molecular weight excluding hydrogens is 398 g/mol. The molecule has 0 aliphatic heterocycles. The lowest BCUT2D eigenvalue weighted by Gasteiger charge is -2.07. The van der Waals surface area contributed by atoms with Gasteiger partial charge in [-0.1, -0.05) is 49.5 Å². The van der Waals surface area contributed by atoms with Gasteiger partial charge in [-0.25, -0.2) is 4.39 Å². The molecule has 0 atom stereocenters. The van der Waals surface area contributed by atoms with E-state index in [1.807, 2.05) is 18.2 Å². The van der Waals surface area contributed by atoms with Gasteiger partial charge in [0.05, 0.1) is 5.56 Å². The minimum atomic E-state index is -0.597. The maximum absolute atomic E-state index is 13.7. The van der Waals surface area contributed by atoms with Crippen LogP contribution in [0.25, 0.3) is 0 Å². The Morgan fingerprint density at radius 2 is 1.79 bits per heavy atom. The Kier molecular flexibility index (Phi) is 4.76. The summed E-state index contributed by atoms with van der Waals surface area (Å²) in [6.07, 6.45) is 0.112. The summed E-state index contributed by atoms with van der Waals surface area (Å²) in [4.78, 5) is 12.1. The van der Waals surface area contributed by atoms with E-state index in [1.54, 1.807) is 0 Å². The quantitative estimate of drug-likeness (QED) is 0.621. The van der Waals surface area contributed by atoms with E-state index in [-0.39, 0.29) is 22.8 Å². The molecule has 2 rings (SSSR count). The predicted octanol–water partition coefficient (Wildman–Crippen LogP) is 5.43. The minimum absolute atomic E-state index is 0.0482. The van der Waals surface area contributed by atoms with Crippen LogP contribution in [-0.2, 0) is 6.42 Å². The van der Waals surface area contributed by atoms with Crippen LogP contribution in [-0.4, -0.2) is 5.78 Å². The second kappa shape index (κ2) is 6.16. The fraction of sp³-hybridized carbons (Fsp3) is 0.0714. The first-order chi connectivity index (χ1) is 8.99. The molecule has 98 valence electrons. The zero-order valence-electron chi connectivity index (χ0n) is 9.59. The molecular formula is C14H8Br2ClFO. The molecule has 1 nitrogen and oxygen atoms in total. The van der Waals surface area contributed by atoms with Gasteiger partial charge in [0.2, 0.25) is 0 Å². The molecule has 2 aromatic rings. The van der Waals surface area contributed by atoms with Crippen LogP contribution in [0.15, 0.2) is 45.3 Å². The molecule has 0 radical (unpaired) electrons. The van der Waals surface area contributed by atoms with Gasteiger partial charge in [-0.15, -0.1) is 0 Å². The van der Waals surface area contributed by atoms with Crippen molar-refractivity contribution in [2.45, 2.75) is 6.42 Å². The number of halogens is 4. The molecule has 0 heterocycles. The smallest absolute Gasteiger partial charge is 0.170 e. The van der Waals surface area contributed by atoms with Crippen LogP contribution in [0, 0.1) is 5.82 Å². The monoisotopic (exact) mass is 404 g/mol. The molecule has 0 saturated carbocycles. The van der Waals surface area contributed by atoms with Crippen molar-refractivity contribution in [3.05, 3.63) is 67.3 Å². The molecule has 2 aromatic carbocycles.